The van der Waals surface area contributed by atoms with Crippen LogP contribution < -0.4 is 5.32 Å². The molecule has 1 aliphatic rings. The number of aromatic nitrogens is 3. The molecule has 1 aromatic rings. The number of ether oxygens (including phenoxy) is 1. The van der Waals surface area contributed by atoms with Gasteiger partial charge >= 0.3 is 0 Å². The topological polar surface area (TPSA) is 52.0 Å². The number of fused-ring (bicyclic) bond motifs is 1. The summed E-state index contributed by atoms with van der Waals surface area (Å²) in [4.78, 5) is 4.32. The van der Waals surface area contributed by atoms with E-state index in [1.54, 1.807) is 6.33 Å². The van der Waals surface area contributed by atoms with Crippen molar-refractivity contribution in [3.8, 4) is 0 Å². The van der Waals surface area contributed by atoms with E-state index in [1.807, 2.05) is 11.6 Å². The molecule has 0 spiro atoms. The number of nitrogens with zero attached hydrogens (tertiary/aromatic N) is 3. The highest BCUT2D eigenvalue weighted by molar-refractivity contribution is 4.98. The molecule has 5 nitrogen and oxygen atoms in total. The van der Waals surface area contributed by atoms with Crippen LogP contribution in [0.5, 0.6) is 0 Å². The van der Waals surface area contributed by atoms with Crippen LogP contribution in [0.4, 0.5) is 0 Å². The summed E-state index contributed by atoms with van der Waals surface area (Å²) < 4.78 is 7.40. The summed E-state index contributed by atoms with van der Waals surface area (Å²) in [7, 11) is 0. The molecule has 0 saturated carbocycles. The van der Waals surface area contributed by atoms with Crippen molar-refractivity contribution in [2.75, 3.05) is 13.2 Å². The zero-order valence-corrected chi connectivity index (χ0v) is 10.0. The van der Waals surface area contributed by atoms with Crippen LogP contribution in [0.3, 0.4) is 0 Å². The molecular weight excluding hydrogens is 204 g/mol. The molecule has 0 bridgehead atoms. The summed E-state index contributed by atoms with van der Waals surface area (Å²) >= 11 is 0. The lowest BCUT2D eigenvalue weighted by molar-refractivity contribution is 0.121. The highest BCUT2D eigenvalue weighted by Crippen LogP contribution is 2.22. The molecule has 16 heavy (non-hydrogen) atoms. The molecular formula is C11H20N4O. The van der Waals surface area contributed by atoms with Crippen LogP contribution in [0.2, 0.25) is 0 Å². The van der Waals surface area contributed by atoms with Crippen molar-refractivity contribution in [1.29, 1.82) is 0 Å². The van der Waals surface area contributed by atoms with Gasteiger partial charge in [0.2, 0.25) is 0 Å². The zero-order chi connectivity index (χ0) is 11.4. The molecule has 2 rings (SSSR count). The molecule has 90 valence electrons. The van der Waals surface area contributed by atoms with Crippen LogP contribution in [-0.2, 0) is 11.3 Å². The van der Waals surface area contributed by atoms with Gasteiger partial charge in [-0.15, -0.1) is 0 Å². The molecule has 5 heteroatoms. The van der Waals surface area contributed by atoms with Crippen LogP contribution in [0, 0.1) is 0 Å². The highest BCUT2D eigenvalue weighted by Gasteiger charge is 2.23. The number of hydrogen-bond donors (Lipinski definition) is 1. The lowest BCUT2D eigenvalue weighted by Crippen LogP contribution is -2.37. The van der Waals surface area contributed by atoms with Gasteiger partial charge in [-0.3, -0.25) is 0 Å². The number of hydrogen-bond acceptors (Lipinski definition) is 4. The highest BCUT2D eigenvalue weighted by atomic mass is 16.5. The Morgan fingerprint density at radius 1 is 1.69 bits per heavy atom. The Kier molecular flexibility index (Phi) is 3.90. The summed E-state index contributed by atoms with van der Waals surface area (Å²) in [6.45, 7) is 6.68. The van der Waals surface area contributed by atoms with Gasteiger partial charge in [0.15, 0.2) is 0 Å². The zero-order valence-electron chi connectivity index (χ0n) is 10.0. The fourth-order valence-corrected chi connectivity index (χ4v) is 2.13. The van der Waals surface area contributed by atoms with Crippen LogP contribution >= 0.6 is 0 Å². The van der Waals surface area contributed by atoms with E-state index in [2.05, 4.69) is 22.3 Å². The lowest BCUT2D eigenvalue weighted by Gasteiger charge is -2.26. The van der Waals surface area contributed by atoms with Crippen LogP contribution in [0.25, 0.3) is 0 Å². The minimum absolute atomic E-state index is 0.326. The summed E-state index contributed by atoms with van der Waals surface area (Å²) in [5, 5.41) is 7.76. The van der Waals surface area contributed by atoms with Gasteiger partial charge in [-0.2, -0.15) is 5.10 Å². The van der Waals surface area contributed by atoms with E-state index in [0.717, 1.165) is 38.4 Å². The summed E-state index contributed by atoms with van der Waals surface area (Å²) in [6, 6.07) is 0.680. The Morgan fingerprint density at radius 2 is 2.56 bits per heavy atom. The Labute approximate surface area is 96.2 Å². The van der Waals surface area contributed by atoms with Crippen molar-refractivity contribution in [1.82, 2.24) is 20.1 Å². The molecule has 1 N–H and O–H groups in total. The quantitative estimate of drug-likeness (QED) is 0.814. The van der Waals surface area contributed by atoms with E-state index in [-0.39, 0.29) is 0 Å². The number of aryl methyl sites for hydroxylation is 1. The van der Waals surface area contributed by atoms with Gasteiger partial charge in [-0.25, -0.2) is 9.67 Å². The van der Waals surface area contributed by atoms with Gasteiger partial charge in [0.25, 0.3) is 0 Å². The van der Waals surface area contributed by atoms with Crippen molar-refractivity contribution >= 4 is 0 Å². The first kappa shape index (κ1) is 11.5. The van der Waals surface area contributed by atoms with E-state index < -0.39 is 0 Å². The molecule has 0 saturated heterocycles. The third-order valence-corrected chi connectivity index (χ3v) is 2.88. The average molecular weight is 224 g/mol. The number of rotatable bonds is 5. The molecule has 2 unspecified atom stereocenters. The van der Waals surface area contributed by atoms with Gasteiger partial charge in [-0.1, -0.05) is 0 Å². The Balaban J connectivity index is 1.92. The first-order valence-corrected chi connectivity index (χ1v) is 6.02. The SMILES string of the molecule is CCOCC(C)NC1CCCn2ncnc21. The lowest BCUT2D eigenvalue weighted by atomic mass is 10.1. The first-order valence-electron chi connectivity index (χ1n) is 6.02. The van der Waals surface area contributed by atoms with Gasteiger partial charge < -0.3 is 10.1 Å². The molecule has 2 atom stereocenters. The maximum atomic E-state index is 5.40. The Hall–Kier alpha value is -0.940. The standard InChI is InChI=1S/C11H20N4O/c1-3-16-7-9(2)14-10-5-4-6-15-11(10)12-8-13-15/h8-10,14H,3-7H2,1-2H3. The minimum atomic E-state index is 0.326. The summed E-state index contributed by atoms with van der Waals surface area (Å²) in [5.41, 5.74) is 0. The van der Waals surface area contributed by atoms with Gasteiger partial charge in [0, 0.05) is 19.2 Å². The number of nitrogens with one attached hydrogen (secondary N) is 1. The van der Waals surface area contributed by atoms with Crippen molar-refractivity contribution in [3.63, 3.8) is 0 Å². The second kappa shape index (κ2) is 5.41. The van der Waals surface area contributed by atoms with Gasteiger partial charge in [0.1, 0.15) is 12.2 Å². The largest absolute Gasteiger partial charge is 0.380 e. The summed E-state index contributed by atoms with van der Waals surface area (Å²) in [5.74, 6) is 1.06. The molecule has 0 fully saturated rings. The maximum Gasteiger partial charge on any atom is 0.143 e. The third kappa shape index (κ3) is 2.59. The molecule has 0 aromatic carbocycles. The van der Waals surface area contributed by atoms with E-state index in [1.165, 1.54) is 0 Å². The predicted octanol–water partition coefficient (Wildman–Crippen LogP) is 1.13. The molecule has 0 radical (unpaired) electrons. The maximum absolute atomic E-state index is 5.40. The van der Waals surface area contributed by atoms with E-state index >= 15 is 0 Å². The van der Waals surface area contributed by atoms with Gasteiger partial charge in [0.05, 0.1) is 12.6 Å². The van der Waals surface area contributed by atoms with Crippen LogP contribution in [0.1, 0.15) is 38.6 Å². The predicted molar refractivity (Wildman–Crippen MR) is 61.1 cm³/mol. The molecule has 0 aliphatic carbocycles. The van der Waals surface area contributed by atoms with E-state index in [9.17, 15) is 0 Å². The summed E-state index contributed by atoms with van der Waals surface area (Å²) in [6.07, 6.45) is 3.94. The molecule has 0 amide bonds. The molecule has 1 aromatic heterocycles. The van der Waals surface area contributed by atoms with Crippen LogP contribution in [-0.4, -0.2) is 34.0 Å². The van der Waals surface area contributed by atoms with Crippen molar-refractivity contribution < 1.29 is 4.74 Å². The second-order valence-electron chi connectivity index (χ2n) is 4.26. The minimum Gasteiger partial charge on any atom is -0.380 e. The smallest absolute Gasteiger partial charge is 0.143 e. The molecule has 1 aliphatic heterocycles. The average Bonchev–Trinajstić information content (AvgIpc) is 2.75. The van der Waals surface area contributed by atoms with E-state index in [0.29, 0.717) is 12.1 Å². The van der Waals surface area contributed by atoms with Crippen molar-refractivity contribution in [2.45, 2.75) is 45.3 Å². The normalized spacial score (nSPS) is 21.8. The van der Waals surface area contributed by atoms with Crippen molar-refractivity contribution in [3.05, 3.63) is 12.2 Å². The fourth-order valence-electron chi connectivity index (χ4n) is 2.13. The second-order valence-corrected chi connectivity index (χ2v) is 4.26. The Morgan fingerprint density at radius 3 is 3.38 bits per heavy atom. The molecule has 2 heterocycles. The van der Waals surface area contributed by atoms with Gasteiger partial charge in [-0.05, 0) is 26.7 Å². The van der Waals surface area contributed by atoms with Crippen molar-refractivity contribution in [2.24, 2.45) is 0 Å². The first-order chi connectivity index (χ1) is 7.81. The van der Waals surface area contributed by atoms with E-state index in [4.69, 9.17) is 4.74 Å². The third-order valence-electron chi connectivity index (χ3n) is 2.88. The monoisotopic (exact) mass is 224 g/mol. The van der Waals surface area contributed by atoms with Crippen LogP contribution in [0.15, 0.2) is 6.33 Å². The fraction of sp³-hybridized carbons (Fsp3) is 0.818. The Bertz CT molecular complexity index is 326.